The van der Waals surface area contributed by atoms with E-state index in [1.54, 1.807) is 0 Å². The molecule has 0 aromatic rings. The molecule has 1 unspecified atom stereocenters. The second-order valence-electron chi connectivity index (χ2n) is 10.2. The first-order valence-electron chi connectivity index (χ1n) is 13.4. The molecule has 8 nitrogen and oxygen atoms in total. The van der Waals surface area contributed by atoms with Crippen molar-refractivity contribution in [3.63, 3.8) is 0 Å². The molecule has 2 aliphatic carbocycles. The van der Waals surface area contributed by atoms with Crippen molar-refractivity contribution in [2.24, 2.45) is 21.5 Å². The highest BCUT2D eigenvalue weighted by molar-refractivity contribution is 5.80. The first kappa shape index (κ1) is 29.5. The van der Waals surface area contributed by atoms with Gasteiger partial charge in [0.05, 0.1) is 6.04 Å². The van der Waals surface area contributed by atoms with Crippen LogP contribution in [0.3, 0.4) is 0 Å². The van der Waals surface area contributed by atoms with Gasteiger partial charge in [-0.25, -0.2) is 4.99 Å². The summed E-state index contributed by atoms with van der Waals surface area (Å²) in [7, 11) is 0. The molecule has 33 heavy (non-hydrogen) atoms. The quantitative estimate of drug-likeness (QED) is 0.241. The van der Waals surface area contributed by atoms with Crippen molar-refractivity contribution >= 4 is 11.9 Å². The van der Waals surface area contributed by atoms with Gasteiger partial charge in [-0.3, -0.25) is 4.99 Å². The zero-order valence-electron chi connectivity index (χ0n) is 22.1. The van der Waals surface area contributed by atoms with Crippen molar-refractivity contribution in [2.75, 3.05) is 19.6 Å². The maximum Gasteiger partial charge on any atom is 0.191 e. The van der Waals surface area contributed by atoms with E-state index >= 15 is 0 Å². The van der Waals surface area contributed by atoms with E-state index in [4.69, 9.17) is 16.5 Å². The van der Waals surface area contributed by atoms with E-state index in [1.165, 1.54) is 64.2 Å². The predicted molar refractivity (Wildman–Crippen MR) is 144 cm³/mol. The average Bonchev–Trinajstić information content (AvgIpc) is 2.77. The molecule has 8 heteroatoms. The molecule has 2 fully saturated rings. The summed E-state index contributed by atoms with van der Waals surface area (Å²) >= 11 is 0. The Labute approximate surface area is 203 Å². The van der Waals surface area contributed by atoms with E-state index in [-0.39, 0.29) is 12.1 Å². The zero-order chi connectivity index (χ0) is 24.5. The Morgan fingerprint density at radius 1 is 0.848 bits per heavy atom. The first-order valence-corrected chi connectivity index (χ1v) is 13.4. The van der Waals surface area contributed by atoms with E-state index in [0.29, 0.717) is 24.7 Å². The first-order chi connectivity index (χ1) is 15.8. The second kappa shape index (κ2) is 17.9. The Bertz CT molecular complexity index is 533. The molecule has 1 atom stereocenters. The summed E-state index contributed by atoms with van der Waals surface area (Å²) in [6, 6.07) is 1.94. The lowest BCUT2D eigenvalue weighted by molar-refractivity contribution is 0.404. The maximum atomic E-state index is 5.66. The Kier molecular flexibility index (Phi) is 16.0. The summed E-state index contributed by atoms with van der Waals surface area (Å²) in [6.07, 6.45) is 13.2. The van der Waals surface area contributed by atoms with E-state index in [2.05, 4.69) is 54.0 Å². The van der Waals surface area contributed by atoms with Crippen molar-refractivity contribution in [3.8, 4) is 0 Å². The summed E-state index contributed by atoms with van der Waals surface area (Å²) in [5.74, 6) is 1.84. The minimum absolute atomic E-state index is 0.140. The third-order valence-electron chi connectivity index (χ3n) is 5.67. The summed E-state index contributed by atoms with van der Waals surface area (Å²) < 4.78 is 0. The van der Waals surface area contributed by atoms with Gasteiger partial charge in [0.2, 0.25) is 0 Å². The van der Waals surface area contributed by atoms with Crippen molar-refractivity contribution in [3.05, 3.63) is 0 Å². The molecular formula is C25H54N8. The van der Waals surface area contributed by atoms with Gasteiger partial charge in [-0.15, -0.1) is 0 Å². The van der Waals surface area contributed by atoms with Crippen LogP contribution in [0, 0.1) is 0 Å². The fraction of sp³-hybridized carbons (Fsp3) is 0.920. The molecule has 194 valence electrons. The molecular weight excluding hydrogens is 412 g/mol. The van der Waals surface area contributed by atoms with Crippen LogP contribution in [-0.2, 0) is 0 Å². The number of hydrogen-bond donors (Lipinski definition) is 6. The number of hydrogen-bond acceptors (Lipinski definition) is 4. The molecule has 0 aliphatic heterocycles. The second-order valence-corrected chi connectivity index (χ2v) is 10.2. The van der Waals surface area contributed by atoms with Gasteiger partial charge in [-0.1, -0.05) is 38.5 Å². The number of aliphatic imine (C=N–C) groups is 2. The minimum atomic E-state index is 0.140. The van der Waals surface area contributed by atoms with Crippen LogP contribution >= 0.6 is 0 Å². The lowest BCUT2D eigenvalue weighted by Gasteiger charge is -2.26. The lowest BCUT2D eigenvalue weighted by Crippen LogP contribution is -2.46. The predicted octanol–water partition coefficient (Wildman–Crippen LogP) is 2.83. The van der Waals surface area contributed by atoms with Gasteiger partial charge >= 0.3 is 0 Å². The van der Waals surface area contributed by atoms with Crippen LogP contribution in [0.2, 0.25) is 0 Å². The smallest absolute Gasteiger partial charge is 0.191 e. The van der Waals surface area contributed by atoms with Gasteiger partial charge in [-0.2, -0.15) is 0 Å². The molecule has 0 radical (unpaired) electrons. The number of rotatable bonds is 8. The normalized spacial score (nSPS) is 19.7. The lowest BCUT2D eigenvalue weighted by atomic mass is 9.95. The third kappa shape index (κ3) is 15.8. The van der Waals surface area contributed by atoms with Crippen molar-refractivity contribution < 1.29 is 0 Å². The Morgan fingerprint density at radius 3 is 1.97 bits per heavy atom. The highest BCUT2D eigenvalue weighted by Gasteiger charge is 2.17. The van der Waals surface area contributed by atoms with E-state index in [9.17, 15) is 0 Å². The molecule has 0 aromatic heterocycles. The molecule has 0 aromatic carbocycles. The molecule has 0 heterocycles. The highest BCUT2D eigenvalue weighted by Crippen LogP contribution is 2.21. The molecule has 8 N–H and O–H groups in total. The Balaban J connectivity index is 0.000000349. The SMILES string of the molecule is CC(N)CN/C(=N/C(C)C)NC(C)C.NCCN/C(=N/C1CCCCC1)NC1CCCCC1. The maximum absolute atomic E-state index is 5.66. The van der Waals surface area contributed by atoms with Gasteiger partial charge in [0.15, 0.2) is 11.9 Å². The molecule has 2 aliphatic rings. The van der Waals surface area contributed by atoms with Crippen molar-refractivity contribution in [1.82, 2.24) is 21.3 Å². The number of nitrogens with zero attached hydrogens (tertiary/aromatic N) is 2. The third-order valence-corrected chi connectivity index (χ3v) is 5.67. The topological polar surface area (TPSA) is 125 Å². The Morgan fingerprint density at radius 2 is 1.45 bits per heavy atom. The van der Waals surface area contributed by atoms with Crippen LogP contribution in [0.15, 0.2) is 9.98 Å². The van der Waals surface area contributed by atoms with E-state index in [1.807, 2.05) is 6.92 Å². The molecule has 0 bridgehead atoms. The average molecular weight is 467 g/mol. The van der Waals surface area contributed by atoms with Crippen LogP contribution in [0.5, 0.6) is 0 Å². The summed E-state index contributed by atoms with van der Waals surface area (Å²) in [4.78, 5) is 9.33. The van der Waals surface area contributed by atoms with Crippen LogP contribution in [0.1, 0.15) is 98.8 Å². The molecule has 2 saturated carbocycles. The summed E-state index contributed by atoms with van der Waals surface area (Å²) in [5.41, 5.74) is 11.3. The van der Waals surface area contributed by atoms with Gasteiger partial charge in [0.25, 0.3) is 0 Å². The largest absolute Gasteiger partial charge is 0.355 e. The van der Waals surface area contributed by atoms with Crippen molar-refractivity contribution in [1.29, 1.82) is 0 Å². The van der Waals surface area contributed by atoms with E-state index < -0.39 is 0 Å². The minimum Gasteiger partial charge on any atom is -0.355 e. The summed E-state index contributed by atoms with van der Waals surface area (Å²) in [5, 5.41) is 13.4. The van der Waals surface area contributed by atoms with Crippen LogP contribution in [-0.4, -0.2) is 61.8 Å². The van der Waals surface area contributed by atoms with Gasteiger partial charge < -0.3 is 32.7 Å². The Hall–Kier alpha value is -1.54. The van der Waals surface area contributed by atoms with Crippen molar-refractivity contribution in [2.45, 2.75) is 129 Å². The fourth-order valence-corrected chi connectivity index (χ4v) is 4.08. The number of guanidine groups is 2. The summed E-state index contributed by atoms with van der Waals surface area (Å²) in [6.45, 7) is 12.5. The van der Waals surface area contributed by atoms with Gasteiger partial charge in [-0.05, 0) is 60.3 Å². The van der Waals surface area contributed by atoms with Gasteiger partial charge in [0, 0.05) is 43.8 Å². The van der Waals surface area contributed by atoms with Gasteiger partial charge in [0.1, 0.15) is 0 Å². The van der Waals surface area contributed by atoms with Crippen LogP contribution < -0.4 is 32.7 Å². The zero-order valence-corrected chi connectivity index (χ0v) is 22.1. The van der Waals surface area contributed by atoms with Crippen LogP contribution in [0.25, 0.3) is 0 Å². The molecule has 0 saturated heterocycles. The monoisotopic (exact) mass is 466 g/mol. The highest BCUT2D eigenvalue weighted by atomic mass is 15.2. The van der Waals surface area contributed by atoms with E-state index in [0.717, 1.165) is 25.0 Å². The standard InChI is InChI=1S/C15H30N4.C10H24N4/c16-11-12-17-15(18-13-7-3-1-4-8-13)19-14-9-5-2-6-10-14;1-7(2)13-10(14-8(3)4)12-6-9(5)11/h13-14H,1-12,16H2,(H2,17,18,19);7-9H,6,11H2,1-5H3,(H2,12,13,14). The van der Waals surface area contributed by atoms with Crippen LogP contribution in [0.4, 0.5) is 0 Å². The molecule has 0 amide bonds. The molecule has 2 rings (SSSR count). The number of nitrogens with two attached hydrogens (primary N) is 2. The molecule has 0 spiro atoms. The fourth-order valence-electron chi connectivity index (χ4n) is 4.08. The number of nitrogens with one attached hydrogen (secondary N) is 4.